The van der Waals surface area contributed by atoms with Gasteiger partial charge in [0.15, 0.2) is 5.69 Å². The Morgan fingerprint density at radius 2 is 1.86 bits per heavy atom. The third-order valence-electron chi connectivity index (χ3n) is 2.96. The minimum Gasteiger partial charge on any atom is -0.477 e. The summed E-state index contributed by atoms with van der Waals surface area (Å²) in [5.74, 6) is -2.15. The molecule has 0 spiro atoms. The number of aromatic carboxylic acids is 1. The second kappa shape index (κ2) is 5.41. The van der Waals surface area contributed by atoms with Crippen LogP contribution in [-0.2, 0) is 0 Å². The van der Waals surface area contributed by atoms with Gasteiger partial charge in [-0.1, -0.05) is 29.3 Å². The van der Waals surface area contributed by atoms with Crippen LogP contribution in [-0.4, -0.2) is 21.6 Å². The van der Waals surface area contributed by atoms with E-state index < -0.39 is 11.9 Å². The van der Waals surface area contributed by atoms with E-state index in [1.807, 2.05) is 6.92 Å². The number of carbonyl (C=O) groups excluding carboxylic acids is 1. The monoisotopic (exact) mass is 305 g/mol. The number of benzene rings is 1. The minimum atomic E-state index is -1.30. The molecule has 0 bridgehead atoms. The molecule has 7 heteroatoms. The molecule has 0 aliphatic carbocycles. The zero-order valence-electron chi connectivity index (χ0n) is 11.1. The molecule has 0 atom stereocenters. The molecular formula is C14H12ClN3O3. The Morgan fingerprint density at radius 1 is 1.29 bits per heavy atom. The lowest BCUT2D eigenvalue weighted by Crippen LogP contribution is -2.32. The van der Waals surface area contributed by atoms with Crippen molar-refractivity contribution >= 4 is 23.5 Å². The summed E-state index contributed by atoms with van der Waals surface area (Å²) in [5, 5.41) is 17.2. The summed E-state index contributed by atoms with van der Waals surface area (Å²) in [7, 11) is 0. The van der Waals surface area contributed by atoms with Gasteiger partial charge in [-0.25, -0.2) is 4.79 Å². The van der Waals surface area contributed by atoms with Gasteiger partial charge in [-0.2, -0.15) is 0 Å². The van der Waals surface area contributed by atoms with Crippen LogP contribution in [0, 0.1) is 12.3 Å². The topological polar surface area (TPSA) is 109 Å². The maximum atomic E-state index is 11.4. The summed E-state index contributed by atoms with van der Waals surface area (Å²) in [6.45, 7) is 1.88. The van der Waals surface area contributed by atoms with E-state index in [-0.39, 0.29) is 21.8 Å². The molecule has 2 rings (SSSR count). The number of primary amides is 1. The van der Waals surface area contributed by atoms with Crippen LogP contribution in [0.2, 0.25) is 5.02 Å². The van der Waals surface area contributed by atoms with Crippen molar-refractivity contribution in [1.82, 2.24) is 4.57 Å². The van der Waals surface area contributed by atoms with Crippen LogP contribution in [0.3, 0.4) is 0 Å². The van der Waals surface area contributed by atoms with Crippen LogP contribution in [0.5, 0.6) is 0 Å². The number of halogens is 1. The fraction of sp³-hybridized carbons (Fsp3) is 0.0714. The van der Waals surface area contributed by atoms with Crippen molar-refractivity contribution in [1.29, 1.82) is 5.41 Å². The predicted octanol–water partition coefficient (Wildman–Crippen LogP) is 1.72. The van der Waals surface area contributed by atoms with Crippen LogP contribution < -0.4 is 11.2 Å². The molecule has 21 heavy (non-hydrogen) atoms. The number of hydrogen-bond donors (Lipinski definition) is 3. The summed E-state index contributed by atoms with van der Waals surface area (Å²) in [6, 6.07) is 7.90. The lowest BCUT2D eigenvalue weighted by atomic mass is 10.1. The molecule has 0 radical (unpaired) electrons. The zero-order valence-corrected chi connectivity index (χ0v) is 11.8. The van der Waals surface area contributed by atoms with Gasteiger partial charge in [-0.3, -0.25) is 14.8 Å². The largest absolute Gasteiger partial charge is 0.477 e. The highest BCUT2D eigenvalue weighted by Crippen LogP contribution is 2.19. The number of nitrogens with zero attached hydrogens (tertiary/aromatic N) is 1. The second-order valence-corrected chi connectivity index (χ2v) is 4.85. The van der Waals surface area contributed by atoms with Crippen molar-refractivity contribution in [2.24, 2.45) is 5.73 Å². The number of nitrogens with one attached hydrogen (secondary N) is 1. The third kappa shape index (κ3) is 2.66. The van der Waals surface area contributed by atoms with E-state index in [0.717, 1.165) is 16.2 Å². The number of aryl methyl sites for hydroxylation is 1. The SMILES string of the molecule is Cc1ccc(-n2c(C(=O)O)c(Cl)cc(C(N)=O)c2=N)cc1. The molecule has 1 aromatic heterocycles. The van der Waals surface area contributed by atoms with Gasteiger partial charge in [0.1, 0.15) is 5.49 Å². The Bertz CT molecular complexity index is 794. The standard InChI is InChI=1S/C14H12ClN3O3/c1-7-2-4-8(5-3-7)18-11(14(20)21)10(15)6-9(12(18)16)13(17)19/h2-6,16H,1H3,(H2,17,19)(H,20,21). The van der Waals surface area contributed by atoms with E-state index in [4.69, 9.17) is 22.7 Å². The van der Waals surface area contributed by atoms with Gasteiger partial charge in [0.05, 0.1) is 10.6 Å². The number of carboxylic acid groups (broad SMARTS) is 1. The van der Waals surface area contributed by atoms with E-state index in [9.17, 15) is 14.7 Å². The van der Waals surface area contributed by atoms with Gasteiger partial charge in [-0.15, -0.1) is 0 Å². The Labute approximate surface area is 124 Å². The van der Waals surface area contributed by atoms with Crippen LogP contribution >= 0.6 is 11.6 Å². The maximum absolute atomic E-state index is 11.4. The number of nitrogens with two attached hydrogens (primary N) is 1. The second-order valence-electron chi connectivity index (χ2n) is 4.44. The third-order valence-corrected chi connectivity index (χ3v) is 3.25. The lowest BCUT2D eigenvalue weighted by molar-refractivity contribution is 0.0686. The molecule has 0 saturated heterocycles. The molecule has 1 aromatic carbocycles. The molecule has 0 aliphatic rings. The van der Waals surface area contributed by atoms with Gasteiger partial charge in [0.2, 0.25) is 0 Å². The predicted molar refractivity (Wildman–Crippen MR) is 76.8 cm³/mol. The van der Waals surface area contributed by atoms with E-state index in [1.54, 1.807) is 24.3 Å². The number of amides is 1. The van der Waals surface area contributed by atoms with E-state index in [0.29, 0.717) is 5.69 Å². The molecule has 0 aliphatic heterocycles. The summed E-state index contributed by atoms with van der Waals surface area (Å²) in [6.07, 6.45) is 0. The molecule has 1 amide bonds. The highest BCUT2D eigenvalue weighted by atomic mass is 35.5. The quantitative estimate of drug-likeness (QED) is 0.803. The Balaban J connectivity index is 2.90. The summed E-state index contributed by atoms with van der Waals surface area (Å²) >= 11 is 5.93. The molecule has 1 heterocycles. The van der Waals surface area contributed by atoms with Crippen molar-refractivity contribution in [3.05, 3.63) is 57.7 Å². The maximum Gasteiger partial charge on any atom is 0.354 e. The van der Waals surface area contributed by atoms with Crippen molar-refractivity contribution in [2.45, 2.75) is 6.92 Å². The normalized spacial score (nSPS) is 10.4. The van der Waals surface area contributed by atoms with Crippen molar-refractivity contribution in [3.8, 4) is 5.69 Å². The zero-order chi connectivity index (χ0) is 15.7. The van der Waals surface area contributed by atoms with Crippen LogP contribution in [0.1, 0.15) is 26.4 Å². The fourth-order valence-electron chi connectivity index (χ4n) is 1.94. The Kier molecular flexibility index (Phi) is 3.82. The van der Waals surface area contributed by atoms with Gasteiger partial charge in [0.25, 0.3) is 5.91 Å². The van der Waals surface area contributed by atoms with Gasteiger partial charge in [-0.05, 0) is 25.1 Å². The van der Waals surface area contributed by atoms with E-state index in [1.165, 1.54) is 0 Å². The Morgan fingerprint density at radius 3 is 2.33 bits per heavy atom. The number of carbonyl (C=O) groups is 2. The van der Waals surface area contributed by atoms with Crippen LogP contribution in [0.15, 0.2) is 30.3 Å². The van der Waals surface area contributed by atoms with Crippen molar-refractivity contribution < 1.29 is 14.7 Å². The molecule has 0 fully saturated rings. The first-order chi connectivity index (χ1) is 9.82. The first-order valence-electron chi connectivity index (χ1n) is 5.93. The number of carboxylic acids is 1. The fourth-order valence-corrected chi connectivity index (χ4v) is 2.21. The van der Waals surface area contributed by atoms with Crippen LogP contribution in [0.4, 0.5) is 0 Å². The van der Waals surface area contributed by atoms with Crippen molar-refractivity contribution in [3.63, 3.8) is 0 Å². The number of rotatable bonds is 3. The summed E-state index contributed by atoms with van der Waals surface area (Å²) in [4.78, 5) is 22.8. The van der Waals surface area contributed by atoms with Crippen LogP contribution in [0.25, 0.3) is 5.69 Å². The minimum absolute atomic E-state index is 0.148. The highest BCUT2D eigenvalue weighted by Gasteiger charge is 2.20. The highest BCUT2D eigenvalue weighted by molar-refractivity contribution is 6.33. The number of aromatic nitrogens is 1. The summed E-state index contributed by atoms with van der Waals surface area (Å²) in [5.41, 5.74) is 5.82. The van der Waals surface area contributed by atoms with Gasteiger partial charge in [0, 0.05) is 5.69 Å². The van der Waals surface area contributed by atoms with E-state index in [2.05, 4.69) is 0 Å². The van der Waals surface area contributed by atoms with E-state index >= 15 is 0 Å². The molecular weight excluding hydrogens is 294 g/mol. The molecule has 2 aromatic rings. The summed E-state index contributed by atoms with van der Waals surface area (Å²) < 4.78 is 1.09. The Hall–Kier alpha value is -2.60. The molecule has 0 unspecified atom stereocenters. The average molecular weight is 306 g/mol. The molecule has 4 N–H and O–H groups in total. The molecule has 0 saturated carbocycles. The first-order valence-corrected chi connectivity index (χ1v) is 6.31. The van der Waals surface area contributed by atoms with Gasteiger partial charge < -0.3 is 10.8 Å². The lowest BCUT2D eigenvalue weighted by Gasteiger charge is -2.14. The van der Waals surface area contributed by atoms with Gasteiger partial charge >= 0.3 is 5.97 Å². The average Bonchev–Trinajstić information content (AvgIpc) is 2.41. The number of pyridine rings is 1. The molecule has 6 nitrogen and oxygen atoms in total. The first kappa shape index (κ1) is 14.8. The smallest absolute Gasteiger partial charge is 0.354 e. The van der Waals surface area contributed by atoms with Crippen molar-refractivity contribution in [2.75, 3.05) is 0 Å². The molecule has 108 valence electrons. The number of hydrogen-bond acceptors (Lipinski definition) is 3.